The smallest absolute Gasteiger partial charge is 0.242 e. The number of carbonyl (C=O) groups excluding carboxylic acids is 2. The molecule has 2 fully saturated rings. The number of benzene rings is 1. The van der Waals surface area contributed by atoms with Crippen LogP contribution in [0, 0.1) is 0 Å². The number of ether oxygens (including phenoxy) is 1. The molecular formula is C17H24N4O3. The summed E-state index contributed by atoms with van der Waals surface area (Å²) in [6.07, 6.45) is 0. The van der Waals surface area contributed by atoms with Crippen molar-refractivity contribution >= 4 is 11.8 Å². The summed E-state index contributed by atoms with van der Waals surface area (Å²) < 4.78 is 5.46. The quantitative estimate of drug-likeness (QED) is 0.785. The summed E-state index contributed by atoms with van der Waals surface area (Å²) in [6, 6.07) is 7.69. The number of rotatable bonds is 4. The summed E-state index contributed by atoms with van der Waals surface area (Å²) in [5, 5.41) is 6.37. The zero-order chi connectivity index (χ0) is 16.9. The molecule has 0 saturated carbocycles. The third kappa shape index (κ3) is 3.52. The molecule has 7 nitrogen and oxygen atoms in total. The summed E-state index contributed by atoms with van der Waals surface area (Å²) in [4.78, 5) is 28.3. The van der Waals surface area contributed by atoms with E-state index in [1.165, 1.54) is 0 Å². The number of carbonyl (C=O) groups is 2. The number of amides is 2. The normalized spacial score (nSPS) is 21.7. The lowest BCUT2D eigenvalue weighted by atomic mass is 10.0. The van der Waals surface area contributed by atoms with E-state index < -0.39 is 0 Å². The van der Waals surface area contributed by atoms with Crippen molar-refractivity contribution in [3.05, 3.63) is 29.8 Å². The fourth-order valence-electron chi connectivity index (χ4n) is 3.29. The summed E-state index contributed by atoms with van der Waals surface area (Å²) in [5.41, 5.74) is 0.993. The Morgan fingerprint density at radius 2 is 2.04 bits per heavy atom. The average molecular weight is 332 g/mol. The van der Waals surface area contributed by atoms with Crippen molar-refractivity contribution in [1.29, 1.82) is 0 Å². The number of methoxy groups -OCH3 is 1. The highest BCUT2D eigenvalue weighted by molar-refractivity contribution is 5.86. The molecule has 0 bridgehead atoms. The molecule has 2 saturated heterocycles. The molecule has 0 aliphatic carbocycles. The first-order valence-corrected chi connectivity index (χ1v) is 8.32. The second-order valence-corrected chi connectivity index (χ2v) is 6.04. The third-order valence-electron chi connectivity index (χ3n) is 4.58. The molecule has 1 atom stereocenters. The standard InChI is InChI=1S/C17H24N4O3/c1-24-15-5-3-2-4-13(15)14-10-18-7-9-21(14)17(23)12-20-8-6-19-11-16(20)22/h2-5,14,18-19H,6-12H2,1H3. The Kier molecular flexibility index (Phi) is 5.32. The van der Waals surface area contributed by atoms with Crippen LogP contribution in [0.25, 0.3) is 0 Å². The summed E-state index contributed by atoms with van der Waals surface area (Å²) >= 11 is 0. The van der Waals surface area contributed by atoms with Crippen LogP contribution in [0.2, 0.25) is 0 Å². The van der Waals surface area contributed by atoms with Crippen molar-refractivity contribution in [3.63, 3.8) is 0 Å². The van der Waals surface area contributed by atoms with E-state index in [1.807, 2.05) is 29.2 Å². The van der Waals surface area contributed by atoms with Crippen molar-refractivity contribution in [2.75, 3.05) is 52.9 Å². The van der Waals surface area contributed by atoms with Crippen LogP contribution in [0.4, 0.5) is 0 Å². The van der Waals surface area contributed by atoms with E-state index in [-0.39, 0.29) is 24.4 Å². The molecule has 0 aromatic heterocycles. The monoisotopic (exact) mass is 332 g/mol. The Morgan fingerprint density at radius 1 is 1.25 bits per heavy atom. The Morgan fingerprint density at radius 3 is 2.83 bits per heavy atom. The highest BCUT2D eigenvalue weighted by atomic mass is 16.5. The first kappa shape index (κ1) is 16.7. The van der Waals surface area contributed by atoms with Crippen LogP contribution in [-0.4, -0.2) is 74.5 Å². The molecule has 2 aliphatic heterocycles. The largest absolute Gasteiger partial charge is 0.496 e. The molecule has 130 valence electrons. The lowest BCUT2D eigenvalue weighted by molar-refractivity contribution is -0.143. The molecule has 1 aromatic carbocycles. The Bertz CT molecular complexity index is 607. The van der Waals surface area contributed by atoms with Crippen molar-refractivity contribution in [2.45, 2.75) is 6.04 Å². The molecule has 1 unspecified atom stereocenters. The lowest BCUT2D eigenvalue weighted by Crippen LogP contribution is -2.55. The zero-order valence-electron chi connectivity index (χ0n) is 14.0. The van der Waals surface area contributed by atoms with Crippen molar-refractivity contribution in [1.82, 2.24) is 20.4 Å². The van der Waals surface area contributed by atoms with Crippen LogP contribution >= 0.6 is 0 Å². The molecule has 7 heteroatoms. The molecule has 2 amide bonds. The van der Waals surface area contributed by atoms with Gasteiger partial charge in [0.25, 0.3) is 0 Å². The molecule has 0 spiro atoms. The van der Waals surface area contributed by atoms with Gasteiger partial charge in [-0.05, 0) is 6.07 Å². The maximum absolute atomic E-state index is 12.8. The molecule has 0 radical (unpaired) electrons. The zero-order valence-corrected chi connectivity index (χ0v) is 14.0. The SMILES string of the molecule is COc1ccccc1C1CNCCN1C(=O)CN1CCNCC1=O. The first-order chi connectivity index (χ1) is 11.7. The Hall–Kier alpha value is -2.12. The van der Waals surface area contributed by atoms with Crippen LogP contribution in [0.15, 0.2) is 24.3 Å². The van der Waals surface area contributed by atoms with Gasteiger partial charge in [0.15, 0.2) is 0 Å². The third-order valence-corrected chi connectivity index (χ3v) is 4.58. The van der Waals surface area contributed by atoms with E-state index in [9.17, 15) is 9.59 Å². The number of nitrogens with zero attached hydrogens (tertiary/aromatic N) is 2. The molecule has 1 aromatic rings. The number of nitrogens with one attached hydrogen (secondary N) is 2. The number of hydrogen-bond donors (Lipinski definition) is 2. The summed E-state index contributed by atoms with van der Waals surface area (Å²) in [7, 11) is 1.64. The minimum Gasteiger partial charge on any atom is -0.496 e. The van der Waals surface area contributed by atoms with E-state index in [2.05, 4.69) is 10.6 Å². The van der Waals surface area contributed by atoms with Crippen LogP contribution in [-0.2, 0) is 9.59 Å². The molecule has 2 N–H and O–H groups in total. The summed E-state index contributed by atoms with van der Waals surface area (Å²) in [6.45, 7) is 3.83. The van der Waals surface area contributed by atoms with Gasteiger partial charge in [0, 0.05) is 38.3 Å². The molecular weight excluding hydrogens is 308 g/mol. The van der Waals surface area contributed by atoms with Gasteiger partial charge in [0.2, 0.25) is 11.8 Å². The average Bonchev–Trinajstić information content (AvgIpc) is 2.63. The fourth-order valence-corrected chi connectivity index (χ4v) is 3.29. The number of hydrogen-bond acceptors (Lipinski definition) is 5. The van der Waals surface area contributed by atoms with E-state index in [1.54, 1.807) is 12.0 Å². The molecule has 2 heterocycles. The highest BCUT2D eigenvalue weighted by Gasteiger charge is 2.31. The van der Waals surface area contributed by atoms with Gasteiger partial charge in [-0.3, -0.25) is 9.59 Å². The molecule has 3 rings (SSSR count). The Labute approximate surface area is 141 Å². The van der Waals surface area contributed by atoms with Crippen molar-refractivity contribution in [3.8, 4) is 5.75 Å². The van der Waals surface area contributed by atoms with E-state index in [0.717, 1.165) is 24.4 Å². The molecule has 24 heavy (non-hydrogen) atoms. The lowest BCUT2D eigenvalue weighted by Gasteiger charge is -2.38. The first-order valence-electron chi connectivity index (χ1n) is 8.32. The number of para-hydroxylation sites is 1. The van der Waals surface area contributed by atoms with Gasteiger partial charge in [-0.15, -0.1) is 0 Å². The second kappa shape index (κ2) is 7.63. The van der Waals surface area contributed by atoms with E-state index >= 15 is 0 Å². The number of piperazine rings is 2. The van der Waals surface area contributed by atoms with Crippen LogP contribution in [0.5, 0.6) is 5.75 Å². The van der Waals surface area contributed by atoms with Gasteiger partial charge in [0.1, 0.15) is 5.75 Å². The molecule has 2 aliphatic rings. The van der Waals surface area contributed by atoms with Gasteiger partial charge >= 0.3 is 0 Å². The van der Waals surface area contributed by atoms with Gasteiger partial charge in [-0.1, -0.05) is 18.2 Å². The van der Waals surface area contributed by atoms with E-state index in [0.29, 0.717) is 26.2 Å². The minimum absolute atomic E-state index is 0.0114. The maximum Gasteiger partial charge on any atom is 0.242 e. The highest BCUT2D eigenvalue weighted by Crippen LogP contribution is 2.30. The second-order valence-electron chi connectivity index (χ2n) is 6.04. The minimum atomic E-state index is -0.0829. The topological polar surface area (TPSA) is 73.9 Å². The maximum atomic E-state index is 12.8. The summed E-state index contributed by atoms with van der Waals surface area (Å²) in [5.74, 6) is 0.753. The van der Waals surface area contributed by atoms with Crippen LogP contribution in [0.3, 0.4) is 0 Å². The predicted octanol–water partition coefficient (Wildman–Crippen LogP) is -0.400. The fraction of sp³-hybridized carbons (Fsp3) is 0.529. The van der Waals surface area contributed by atoms with Crippen molar-refractivity contribution in [2.24, 2.45) is 0 Å². The predicted molar refractivity (Wildman–Crippen MR) is 89.8 cm³/mol. The van der Waals surface area contributed by atoms with Gasteiger partial charge in [0.05, 0.1) is 26.2 Å². The van der Waals surface area contributed by atoms with Gasteiger partial charge in [-0.25, -0.2) is 0 Å². The Balaban J connectivity index is 1.76. The van der Waals surface area contributed by atoms with Crippen molar-refractivity contribution < 1.29 is 14.3 Å². The van der Waals surface area contributed by atoms with E-state index in [4.69, 9.17) is 4.74 Å². The van der Waals surface area contributed by atoms with Gasteiger partial charge in [-0.2, -0.15) is 0 Å². The van der Waals surface area contributed by atoms with Crippen LogP contribution < -0.4 is 15.4 Å². The van der Waals surface area contributed by atoms with Gasteiger partial charge < -0.3 is 25.2 Å². The van der Waals surface area contributed by atoms with Crippen LogP contribution in [0.1, 0.15) is 11.6 Å².